The molecule has 2 aromatic heterocycles. The van der Waals surface area contributed by atoms with Gasteiger partial charge in [0, 0.05) is 49.8 Å². The summed E-state index contributed by atoms with van der Waals surface area (Å²) in [6, 6.07) is 9.71. The average Bonchev–Trinajstić information content (AvgIpc) is 3.61. The number of aromatic nitrogens is 2. The van der Waals surface area contributed by atoms with Gasteiger partial charge in [-0.25, -0.2) is 9.97 Å². The summed E-state index contributed by atoms with van der Waals surface area (Å²) in [6.07, 6.45) is 5.30. The van der Waals surface area contributed by atoms with Crippen LogP contribution in [-0.2, 0) is 14.4 Å². The molecule has 1 saturated heterocycles. The lowest BCUT2D eigenvalue weighted by atomic mass is 9.75. The monoisotopic (exact) mass is 677 g/mol. The highest BCUT2D eigenvalue weighted by molar-refractivity contribution is 6.30. The number of benzene rings is 1. The van der Waals surface area contributed by atoms with E-state index in [1.54, 1.807) is 29.2 Å². The number of ketones is 3. The summed E-state index contributed by atoms with van der Waals surface area (Å²) in [6.45, 7) is 12.0. The second-order valence-corrected chi connectivity index (χ2v) is 16.4. The number of hydrogen-bond acceptors (Lipinski definition) is 8. The molecule has 3 unspecified atom stereocenters. The molecule has 0 bridgehead atoms. The largest absolute Gasteiger partial charge is 0.472 e. The number of para-hydroxylation sites is 2. The van der Waals surface area contributed by atoms with Crippen molar-refractivity contribution in [3.05, 3.63) is 53.5 Å². The quantitative estimate of drug-likeness (QED) is 0.167. The third-order valence-electron chi connectivity index (χ3n) is 9.57. The lowest BCUT2D eigenvalue weighted by Crippen LogP contribution is -2.48. The zero-order valence-electron chi connectivity index (χ0n) is 29.0. The summed E-state index contributed by atoms with van der Waals surface area (Å²) in [7, 11) is 0. The molecule has 2 fully saturated rings. The molecule has 0 N–H and O–H groups in total. The highest BCUT2D eigenvalue weighted by Gasteiger charge is 2.46. The van der Waals surface area contributed by atoms with Crippen LogP contribution in [0, 0.1) is 28.6 Å². The van der Waals surface area contributed by atoms with Crippen molar-refractivity contribution in [2.75, 3.05) is 6.54 Å². The fourth-order valence-electron chi connectivity index (χ4n) is 6.83. The first kappa shape index (κ1) is 35.7. The molecule has 0 radical (unpaired) electrons. The first-order valence-electron chi connectivity index (χ1n) is 17.1. The number of pyridine rings is 1. The van der Waals surface area contributed by atoms with Crippen LogP contribution in [0.15, 0.2) is 47.0 Å². The Kier molecular flexibility index (Phi) is 10.8. The topological polar surface area (TPSA) is 120 Å². The van der Waals surface area contributed by atoms with E-state index in [9.17, 15) is 19.2 Å². The summed E-state index contributed by atoms with van der Waals surface area (Å²) in [5.41, 5.74) is 0.361. The first-order chi connectivity index (χ1) is 22.6. The molecular formula is C38H48ClN3O6. The van der Waals surface area contributed by atoms with Crippen molar-refractivity contribution in [1.82, 2.24) is 14.9 Å². The van der Waals surface area contributed by atoms with Gasteiger partial charge in [-0.1, -0.05) is 84.5 Å². The van der Waals surface area contributed by atoms with E-state index >= 15 is 0 Å². The van der Waals surface area contributed by atoms with E-state index in [1.165, 1.54) is 6.20 Å². The molecule has 1 aliphatic heterocycles. The minimum atomic E-state index is -0.822. The van der Waals surface area contributed by atoms with Crippen LogP contribution in [-0.4, -0.2) is 56.8 Å². The Hall–Kier alpha value is -3.59. The highest BCUT2D eigenvalue weighted by atomic mass is 35.5. The van der Waals surface area contributed by atoms with Gasteiger partial charge < -0.3 is 14.1 Å². The van der Waals surface area contributed by atoms with E-state index in [1.807, 2.05) is 53.7 Å². The Labute approximate surface area is 288 Å². The molecule has 4 atom stereocenters. The molecule has 10 heteroatoms. The number of rotatable bonds is 13. The minimum absolute atomic E-state index is 0.00728. The van der Waals surface area contributed by atoms with Gasteiger partial charge in [0.2, 0.25) is 17.6 Å². The number of ether oxygens (including phenoxy) is 1. The number of Topliss-reactive ketones (excluding diaryl/α,β-unsaturated/α-hetero) is 3. The van der Waals surface area contributed by atoms with E-state index in [0.717, 1.165) is 19.3 Å². The summed E-state index contributed by atoms with van der Waals surface area (Å²) in [5, 5.41) is 0.465. The number of carbonyl (C=O) groups is 4. The van der Waals surface area contributed by atoms with Gasteiger partial charge in [-0.2, -0.15) is 0 Å². The zero-order valence-corrected chi connectivity index (χ0v) is 29.7. The van der Waals surface area contributed by atoms with Gasteiger partial charge in [-0.3, -0.25) is 19.2 Å². The van der Waals surface area contributed by atoms with E-state index in [4.69, 9.17) is 20.8 Å². The molecule has 1 aliphatic carbocycles. The van der Waals surface area contributed by atoms with Gasteiger partial charge in [0.25, 0.3) is 5.89 Å². The zero-order chi connectivity index (χ0) is 34.8. The van der Waals surface area contributed by atoms with Crippen LogP contribution in [0.4, 0.5) is 0 Å². The van der Waals surface area contributed by atoms with Crippen LogP contribution >= 0.6 is 11.6 Å². The fourth-order valence-corrected chi connectivity index (χ4v) is 6.95. The van der Waals surface area contributed by atoms with Crippen LogP contribution in [0.2, 0.25) is 5.02 Å². The van der Waals surface area contributed by atoms with Gasteiger partial charge in [-0.15, -0.1) is 0 Å². The van der Waals surface area contributed by atoms with E-state index < -0.39 is 29.4 Å². The van der Waals surface area contributed by atoms with Crippen molar-refractivity contribution in [2.45, 2.75) is 105 Å². The molecule has 5 rings (SSSR count). The van der Waals surface area contributed by atoms with Crippen LogP contribution in [0.1, 0.15) is 104 Å². The van der Waals surface area contributed by atoms with Crippen molar-refractivity contribution in [2.24, 2.45) is 28.6 Å². The lowest BCUT2D eigenvalue weighted by Gasteiger charge is -2.35. The Morgan fingerprint density at radius 3 is 2.35 bits per heavy atom. The van der Waals surface area contributed by atoms with Crippen LogP contribution in [0.3, 0.4) is 0 Å². The Morgan fingerprint density at radius 2 is 1.75 bits per heavy atom. The molecule has 258 valence electrons. The lowest BCUT2D eigenvalue weighted by molar-refractivity contribution is -0.146. The minimum Gasteiger partial charge on any atom is -0.472 e. The van der Waals surface area contributed by atoms with Crippen molar-refractivity contribution >= 4 is 46.0 Å². The molecule has 1 aromatic carbocycles. The van der Waals surface area contributed by atoms with Gasteiger partial charge >= 0.3 is 0 Å². The first-order valence-corrected chi connectivity index (χ1v) is 17.5. The Morgan fingerprint density at radius 1 is 1.02 bits per heavy atom. The molecule has 3 aromatic rings. The number of amides is 1. The van der Waals surface area contributed by atoms with E-state index in [2.05, 4.69) is 9.97 Å². The molecule has 48 heavy (non-hydrogen) atoms. The Balaban J connectivity index is 1.41. The second-order valence-electron chi connectivity index (χ2n) is 15.9. The summed E-state index contributed by atoms with van der Waals surface area (Å²) in [5.74, 6) is -1.30. The Bertz CT molecular complexity index is 1600. The molecule has 0 spiro atoms. The molecule has 9 nitrogen and oxygen atoms in total. The average molecular weight is 678 g/mol. The van der Waals surface area contributed by atoms with E-state index in [-0.39, 0.29) is 60.4 Å². The van der Waals surface area contributed by atoms with Gasteiger partial charge in [0.1, 0.15) is 17.4 Å². The number of hydrogen-bond donors (Lipinski definition) is 0. The standard InChI is InChI=1S/C38H48ClN3O6/c1-37(2,3)20-26(43)18-28(38(4,5)6)36(46)42-22-27(47-33-15-14-25(39)21-40-33)19-30(42)31(44)17-24(16-23-10-9-11-23)34(45)35-41-29-12-7-8-13-32(29)48-35/h7-8,12-15,21,23-24,27-28,30H,9-11,16-20,22H2,1-6H3/t24?,27?,28-,30?/m1/s1. The number of oxazole rings is 1. The third kappa shape index (κ3) is 8.90. The van der Waals surface area contributed by atoms with Crippen LogP contribution in [0.5, 0.6) is 5.88 Å². The fraction of sp³-hybridized carbons (Fsp3) is 0.579. The van der Waals surface area contributed by atoms with Gasteiger partial charge in [0.15, 0.2) is 11.4 Å². The van der Waals surface area contributed by atoms with E-state index in [0.29, 0.717) is 40.8 Å². The van der Waals surface area contributed by atoms with Gasteiger partial charge in [0.05, 0.1) is 17.6 Å². The predicted octanol–water partition coefficient (Wildman–Crippen LogP) is 7.93. The van der Waals surface area contributed by atoms with Crippen molar-refractivity contribution < 1.29 is 28.3 Å². The summed E-state index contributed by atoms with van der Waals surface area (Å²) < 4.78 is 12.0. The third-order valence-corrected chi connectivity index (χ3v) is 9.80. The van der Waals surface area contributed by atoms with Crippen LogP contribution < -0.4 is 4.74 Å². The van der Waals surface area contributed by atoms with Crippen molar-refractivity contribution in [3.8, 4) is 5.88 Å². The molecule has 2 aliphatic rings. The molecule has 3 heterocycles. The molecular weight excluding hydrogens is 630 g/mol. The van der Waals surface area contributed by atoms with Crippen LogP contribution in [0.25, 0.3) is 11.1 Å². The molecule has 1 amide bonds. The predicted molar refractivity (Wildman–Crippen MR) is 184 cm³/mol. The molecule has 1 saturated carbocycles. The normalized spacial score (nSPS) is 19.9. The second kappa shape index (κ2) is 14.5. The number of halogens is 1. The number of likely N-dealkylation sites (tertiary alicyclic amines) is 1. The maximum Gasteiger partial charge on any atom is 0.264 e. The maximum absolute atomic E-state index is 14.5. The SMILES string of the molecule is CC(C)(C)CC(=O)C[C@H](C(=O)N1CC(Oc2ccc(Cl)cn2)CC1C(=O)CC(CC1CCC1)C(=O)c1nc2ccccc2o1)C(C)(C)C. The van der Waals surface area contributed by atoms with Gasteiger partial charge in [-0.05, 0) is 41.4 Å². The number of nitrogens with zero attached hydrogens (tertiary/aromatic N) is 3. The summed E-state index contributed by atoms with van der Waals surface area (Å²) >= 11 is 6.03. The summed E-state index contributed by atoms with van der Waals surface area (Å²) in [4.78, 5) is 66.2. The number of fused-ring (bicyclic) bond motifs is 1. The smallest absolute Gasteiger partial charge is 0.264 e. The number of carbonyl (C=O) groups excluding carboxylic acids is 4. The van der Waals surface area contributed by atoms with Crippen molar-refractivity contribution in [1.29, 1.82) is 0 Å². The maximum atomic E-state index is 14.5. The highest BCUT2D eigenvalue weighted by Crippen LogP contribution is 2.38. The van der Waals surface area contributed by atoms with Crippen molar-refractivity contribution in [3.63, 3.8) is 0 Å².